The number of benzene rings is 2. The van der Waals surface area contributed by atoms with Crippen LogP contribution in [0.5, 0.6) is 11.5 Å². The summed E-state index contributed by atoms with van der Waals surface area (Å²) >= 11 is 0. The molecule has 2 aromatic rings. The van der Waals surface area contributed by atoms with Gasteiger partial charge in [0.1, 0.15) is 11.5 Å². The number of hydrogen-bond donors (Lipinski definition) is 0. The molecule has 0 aromatic heterocycles. The summed E-state index contributed by atoms with van der Waals surface area (Å²) in [4.78, 5) is 24.1. The van der Waals surface area contributed by atoms with E-state index in [0.29, 0.717) is 11.5 Å². The Balaban J connectivity index is 2.22. The lowest BCUT2D eigenvalue weighted by Gasteiger charge is -2.13. The van der Waals surface area contributed by atoms with Crippen LogP contribution in [0.4, 0.5) is 0 Å². The lowest BCUT2D eigenvalue weighted by atomic mass is 9.96. The molecule has 0 atom stereocenters. The van der Waals surface area contributed by atoms with Crippen molar-refractivity contribution >= 4 is 11.9 Å². The van der Waals surface area contributed by atoms with Crippen LogP contribution < -0.4 is 9.47 Å². The Hall–Kier alpha value is -3.22. The molecule has 0 aliphatic heterocycles. The number of hydrogen-bond acceptors (Lipinski definition) is 6. The molecule has 170 valence electrons. The molecule has 0 saturated carbocycles. The highest BCUT2D eigenvalue weighted by Gasteiger charge is 2.14. The van der Waals surface area contributed by atoms with Crippen molar-refractivity contribution in [3.63, 3.8) is 0 Å². The van der Waals surface area contributed by atoms with Crippen LogP contribution in [-0.2, 0) is 25.5 Å². The van der Waals surface area contributed by atoms with Gasteiger partial charge in [-0.1, -0.05) is 44.7 Å². The van der Waals surface area contributed by atoms with Crippen molar-refractivity contribution < 1.29 is 28.5 Å². The molecule has 0 bridgehead atoms. The average molecular weight is 439 g/mol. The highest BCUT2D eigenvalue weighted by atomic mass is 16.5. The van der Waals surface area contributed by atoms with Gasteiger partial charge in [0.25, 0.3) is 0 Å². The predicted octanol–water partition coefficient (Wildman–Crippen LogP) is 4.91. The van der Waals surface area contributed by atoms with E-state index in [4.69, 9.17) is 18.9 Å². The lowest BCUT2D eigenvalue weighted by Crippen LogP contribution is -2.14. The molecule has 0 amide bonds. The summed E-state index contributed by atoms with van der Waals surface area (Å²) in [7, 11) is 2.99. The summed E-state index contributed by atoms with van der Waals surface area (Å²) < 4.78 is 20.6. The molecule has 6 nitrogen and oxygen atoms in total. The Morgan fingerprint density at radius 3 is 1.88 bits per heavy atom. The van der Waals surface area contributed by atoms with Gasteiger partial charge in [0, 0.05) is 14.2 Å². The fourth-order valence-electron chi connectivity index (χ4n) is 3.02. The van der Waals surface area contributed by atoms with Crippen LogP contribution >= 0.6 is 0 Å². The maximum absolute atomic E-state index is 12.1. The molecule has 0 fully saturated rings. The van der Waals surface area contributed by atoms with Crippen molar-refractivity contribution in [2.45, 2.75) is 26.2 Å². The summed E-state index contributed by atoms with van der Waals surface area (Å²) in [5.41, 5.74) is 3.55. The maximum Gasteiger partial charge on any atom is 0.341 e. The fourth-order valence-corrected chi connectivity index (χ4v) is 3.02. The Morgan fingerprint density at radius 2 is 1.34 bits per heavy atom. The molecule has 0 unspecified atom stereocenters. The largest absolute Gasteiger partial charge is 0.423 e. The van der Waals surface area contributed by atoms with Crippen molar-refractivity contribution in [2.75, 3.05) is 27.4 Å². The first-order chi connectivity index (χ1) is 15.4. The van der Waals surface area contributed by atoms with Crippen LogP contribution in [0.25, 0.3) is 11.1 Å². The molecule has 32 heavy (non-hydrogen) atoms. The Labute approximate surface area is 189 Å². The van der Waals surface area contributed by atoms with Crippen molar-refractivity contribution in [2.24, 2.45) is 0 Å². The van der Waals surface area contributed by atoms with Crippen molar-refractivity contribution in [3.8, 4) is 22.6 Å². The van der Waals surface area contributed by atoms with Crippen molar-refractivity contribution in [3.05, 3.63) is 72.3 Å². The first kappa shape index (κ1) is 25.0. The van der Waals surface area contributed by atoms with Gasteiger partial charge >= 0.3 is 11.9 Å². The van der Waals surface area contributed by atoms with Crippen LogP contribution in [0.15, 0.2) is 66.8 Å². The zero-order chi connectivity index (χ0) is 23.5. The van der Waals surface area contributed by atoms with Gasteiger partial charge in [0.2, 0.25) is 0 Å². The SMILES string of the molecule is C=C(COC)C(=O)Oc1ccc(-c2ccc(OC(=O)C(=C)COC)cc2CCCC)cc1. The first-order valence-electron chi connectivity index (χ1n) is 10.4. The molecule has 0 heterocycles. The molecule has 2 aromatic carbocycles. The third kappa shape index (κ3) is 7.18. The van der Waals surface area contributed by atoms with Gasteiger partial charge in [-0.3, -0.25) is 0 Å². The topological polar surface area (TPSA) is 71.1 Å². The maximum atomic E-state index is 12.1. The number of carbonyl (C=O) groups excluding carboxylic acids is 2. The minimum Gasteiger partial charge on any atom is -0.423 e. The number of esters is 2. The zero-order valence-corrected chi connectivity index (χ0v) is 18.9. The number of aryl methyl sites for hydroxylation is 1. The van der Waals surface area contributed by atoms with Crippen LogP contribution in [0.1, 0.15) is 25.3 Å². The molecular weight excluding hydrogens is 408 g/mol. The smallest absolute Gasteiger partial charge is 0.341 e. The fraction of sp³-hybridized carbons (Fsp3) is 0.308. The molecule has 0 aliphatic rings. The van der Waals surface area contributed by atoms with E-state index in [1.54, 1.807) is 18.2 Å². The molecule has 0 spiro atoms. The molecular formula is C26H30O6. The zero-order valence-electron chi connectivity index (χ0n) is 18.9. The normalized spacial score (nSPS) is 10.5. The first-order valence-corrected chi connectivity index (χ1v) is 10.4. The number of ether oxygens (including phenoxy) is 4. The van der Waals surface area contributed by atoms with E-state index in [0.717, 1.165) is 36.0 Å². The van der Waals surface area contributed by atoms with E-state index in [9.17, 15) is 9.59 Å². The minimum absolute atomic E-state index is 0.118. The Kier molecular flexibility index (Phi) is 9.85. The third-order valence-corrected chi connectivity index (χ3v) is 4.68. The molecule has 6 heteroatoms. The minimum atomic E-state index is -0.524. The molecule has 0 saturated heterocycles. The molecule has 2 rings (SSSR count). The van der Waals surface area contributed by atoms with E-state index in [1.807, 2.05) is 24.3 Å². The Bertz CT molecular complexity index is 959. The standard InChI is InChI=1S/C26H30O6/c1-6-7-8-21-15-23(32-26(28)19(3)17-30-5)13-14-24(21)20-9-11-22(12-10-20)31-25(27)18(2)16-29-4/h9-15H,2-3,6-8,16-17H2,1,4-5H3. The number of unbranched alkanes of at least 4 members (excludes halogenated alkanes) is 1. The van der Waals surface area contributed by atoms with E-state index in [-0.39, 0.29) is 24.4 Å². The highest BCUT2D eigenvalue weighted by molar-refractivity contribution is 5.90. The summed E-state index contributed by atoms with van der Waals surface area (Å²) in [6.45, 7) is 9.69. The predicted molar refractivity (Wildman–Crippen MR) is 124 cm³/mol. The van der Waals surface area contributed by atoms with Crippen LogP contribution in [0.3, 0.4) is 0 Å². The van der Waals surface area contributed by atoms with Crippen molar-refractivity contribution in [1.82, 2.24) is 0 Å². The van der Waals surface area contributed by atoms with Gasteiger partial charge in [-0.15, -0.1) is 0 Å². The molecule has 0 N–H and O–H groups in total. The van der Waals surface area contributed by atoms with E-state index in [2.05, 4.69) is 20.1 Å². The van der Waals surface area contributed by atoms with Crippen LogP contribution in [0.2, 0.25) is 0 Å². The second-order valence-corrected chi connectivity index (χ2v) is 7.30. The number of methoxy groups -OCH3 is 2. The van der Waals surface area contributed by atoms with Crippen LogP contribution in [0, 0.1) is 0 Å². The summed E-state index contributed by atoms with van der Waals surface area (Å²) in [5, 5.41) is 0. The van der Waals surface area contributed by atoms with Gasteiger partial charge in [-0.2, -0.15) is 0 Å². The second-order valence-electron chi connectivity index (χ2n) is 7.30. The van der Waals surface area contributed by atoms with E-state index >= 15 is 0 Å². The highest BCUT2D eigenvalue weighted by Crippen LogP contribution is 2.30. The second kappa shape index (κ2) is 12.6. The Morgan fingerprint density at radius 1 is 0.812 bits per heavy atom. The van der Waals surface area contributed by atoms with Gasteiger partial charge in [0.15, 0.2) is 0 Å². The molecule has 0 radical (unpaired) electrons. The molecule has 0 aliphatic carbocycles. The summed E-state index contributed by atoms with van der Waals surface area (Å²) in [6.07, 6.45) is 2.87. The lowest BCUT2D eigenvalue weighted by molar-refractivity contribution is -0.131. The monoisotopic (exact) mass is 438 g/mol. The third-order valence-electron chi connectivity index (χ3n) is 4.68. The van der Waals surface area contributed by atoms with Gasteiger partial charge in [-0.25, -0.2) is 9.59 Å². The van der Waals surface area contributed by atoms with Crippen LogP contribution in [-0.4, -0.2) is 39.4 Å². The van der Waals surface area contributed by atoms with Crippen molar-refractivity contribution in [1.29, 1.82) is 0 Å². The average Bonchev–Trinajstić information content (AvgIpc) is 2.78. The van der Waals surface area contributed by atoms with Gasteiger partial charge in [0.05, 0.1) is 24.4 Å². The number of carbonyl (C=O) groups is 2. The van der Waals surface area contributed by atoms with Gasteiger partial charge < -0.3 is 18.9 Å². The quantitative estimate of drug-likeness (QED) is 0.266. The number of rotatable bonds is 12. The van der Waals surface area contributed by atoms with Gasteiger partial charge in [-0.05, 0) is 53.8 Å². The summed E-state index contributed by atoms with van der Waals surface area (Å²) in [6, 6.07) is 12.8. The van der Waals surface area contributed by atoms with E-state index in [1.165, 1.54) is 14.2 Å². The van der Waals surface area contributed by atoms with E-state index < -0.39 is 11.9 Å². The summed E-state index contributed by atoms with van der Waals surface area (Å²) in [5.74, 6) is -0.149.